The number of phenols is 3. The van der Waals surface area contributed by atoms with E-state index in [1.165, 1.54) is 12.1 Å². The first-order valence-electron chi connectivity index (χ1n) is 10.6. The lowest BCUT2D eigenvalue weighted by molar-refractivity contribution is -0.0232. The normalized spacial score (nSPS) is 19.6. The molecule has 7 heteroatoms. The number of allylic oxidation sites excluding steroid dienone is 2. The second-order valence-corrected chi connectivity index (χ2v) is 9.27. The molecule has 0 bridgehead atoms. The molecule has 7 nitrogen and oxygen atoms in total. The van der Waals surface area contributed by atoms with E-state index in [-0.39, 0.29) is 40.8 Å². The van der Waals surface area contributed by atoms with Gasteiger partial charge >= 0.3 is 0 Å². The Kier molecular flexibility index (Phi) is 5.33. The van der Waals surface area contributed by atoms with E-state index in [9.17, 15) is 25.2 Å². The van der Waals surface area contributed by atoms with Crippen LogP contribution in [0.15, 0.2) is 29.8 Å². The fourth-order valence-electron chi connectivity index (χ4n) is 4.16. The van der Waals surface area contributed by atoms with Crippen molar-refractivity contribution in [3.8, 4) is 28.7 Å². The Balaban J connectivity index is 1.84. The summed E-state index contributed by atoms with van der Waals surface area (Å²) in [6.45, 7) is 7.20. The van der Waals surface area contributed by atoms with Crippen LogP contribution in [-0.4, -0.2) is 37.9 Å². The first-order valence-corrected chi connectivity index (χ1v) is 10.6. The maximum atomic E-state index is 13.2. The topological polar surface area (TPSA) is 116 Å². The molecule has 2 aromatic carbocycles. The van der Waals surface area contributed by atoms with Crippen molar-refractivity contribution in [3.63, 3.8) is 0 Å². The van der Waals surface area contributed by atoms with Gasteiger partial charge in [-0.15, -0.1) is 0 Å². The Bertz CT molecular complexity index is 1120. The van der Waals surface area contributed by atoms with Crippen LogP contribution in [0.25, 0.3) is 0 Å². The molecular weight excluding hydrogens is 412 g/mol. The van der Waals surface area contributed by atoms with E-state index in [1.807, 2.05) is 19.9 Å². The Morgan fingerprint density at radius 1 is 1.09 bits per heavy atom. The maximum Gasteiger partial charge on any atom is 0.174 e. The molecule has 0 fully saturated rings. The molecule has 2 aliphatic rings. The molecule has 0 radical (unpaired) electrons. The van der Waals surface area contributed by atoms with Crippen LogP contribution in [0.4, 0.5) is 0 Å². The standard InChI is InChI=1S/C25H28O7/c1-12(2)5-7-14-22(29)21-18(28)11-19(13-6-8-16(26)17(27)9-13)31-24(21)15-10-20(25(3,4)30)32-23(14)15/h5-6,8-9,19-20,26-27,29-30H,7,10-11H2,1-4H3/t19-,20-/m1/s1. The molecule has 2 aliphatic heterocycles. The SMILES string of the molecule is CC(C)=CCc1c(O)c2c(c3c1O[C@@H](C(C)(C)O)C3)O[C@@H](c1ccc(O)c(O)c1)CC2=O. The van der Waals surface area contributed by atoms with Crippen molar-refractivity contribution in [2.75, 3.05) is 0 Å². The largest absolute Gasteiger partial charge is 0.507 e. The predicted octanol–water partition coefficient (Wildman–Crippen LogP) is 4.09. The summed E-state index contributed by atoms with van der Waals surface area (Å²) in [5, 5.41) is 41.1. The third kappa shape index (κ3) is 3.77. The molecule has 2 aromatic rings. The van der Waals surface area contributed by atoms with E-state index in [4.69, 9.17) is 9.47 Å². The maximum absolute atomic E-state index is 13.2. The molecule has 2 heterocycles. The summed E-state index contributed by atoms with van der Waals surface area (Å²) in [7, 11) is 0. The number of phenolic OH excluding ortho intramolecular Hbond substituents is 3. The van der Waals surface area contributed by atoms with Gasteiger partial charge in [-0.2, -0.15) is 0 Å². The van der Waals surface area contributed by atoms with Gasteiger partial charge in [-0.1, -0.05) is 17.7 Å². The van der Waals surface area contributed by atoms with E-state index in [2.05, 4.69) is 0 Å². The zero-order valence-corrected chi connectivity index (χ0v) is 18.6. The number of ether oxygens (including phenoxy) is 2. The van der Waals surface area contributed by atoms with E-state index < -0.39 is 17.8 Å². The van der Waals surface area contributed by atoms with Crippen molar-refractivity contribution in [3.05, 3.63) is 52.1 Å². The Labute approximate surface area is 186 Å². The molecule has 0 unspecified atom stereocenters. The highest BCUT2D eigenvalue weighted by molar-refractivity contribution is 6.04. The zero-order valence-electron chi connectivity index (χ0n) is 18.6. The highest BCUT2D eigenvalue weighted by Gasteiger charge is 2.43. The molecule has 0 aliphatic carbocycles. The predicted molar refractivity (Wildman–Crippen MR) is 118 cm³/mol. The number of benzene rings is 2. The third-order valence-corrected chi connectivity index (χ3v) is 6.00. The van der Waals surface area contributed by atoms with Crippen molar-refractivity contribution in [1.29, 1.82) is 0 Å². The van der Waals surface area contributed by atoms with Crippen molar-refractivity contribution in [2.45, 2.75) is 64.8 Å². The lowest BCUT2D eigenvalue weighted by Crippen LogP contribution is -2.39. The lowest BCUT2D eigenvalue weighted by Gasteiger charge is -2.28. The number of aromatic hydroxyl groups is 3. The number of carbonyl (C=O) groups is 1. The van der Waals surface area contributed by atoms with Gasteiger partial charge in [-0.05, 0) is 51.8 Å². The molecule has 0 saturated carbocycles. The van der Waals surface area contributed by atoms with Crippen LogP contribution in [0.5, 0.6) is 28.7 Å². The quantitative estimate of drug-likeness (QED) is 0.418. The van der Waals surface area contributed by atoms with E-state index in [1.54, 1.807) is 19.9 Å². The van der Waals surface area contributed by atoms with Gasteiger partial charge in [0.15, 0.2) is 17.3 Å². The number of carbonyl (C=O) groups excluding carboxylic acids is 1. The molecule has 2 atom stereocenters. The highest BCUT2D eigenvalue weighted by Crippen LogP contribution is 2.52. The van der Waals surface area contributed by atoms with Crippen LogP contribution in [0, 0.1) is 0 Å². The first kappa shape index (κ1) is 22.0. The summed E-state index contributed by atoms with van der Waals surface area (Å²) in [4.78, 5) is 13.2. The van der Waals surface area contributed by atoms with Gasteiger partial charge in [0.1, 0.15) is 35.0 Å². The van der Waals surface area contributed by atoms with E-state index in [0.717, 1.165) is 5.57 Å². The van der Waals surface area contributed by atoms with E-state index >= 15 is 0 Å². The minimum Gasteiger partial charge on any atom is -0.507 e. The molecule has 170 valence electrons. The number of hydrogen-bond acceptors (Lipinski definition) is 7. The molecule has 0 saturated heterocycles. The average molecular weight is 440 g/mol. The number of Topliss-reactive ketones (excluding diaryl/α,β-unsaturated/α-hetero) is 1. The summed E-state index contributed by atoms with van der Waals surface area (Å²) in [5.74, 6) is -0.328. The Hall–Kier alpha value is -3.19. The van der Waals surface area contributed by atoms with Crippen LogP contribution >= 0.6 is 0 Å². The smallest absolute Gasteiger partial charge is 0.174 e. The second-order valence-electron chi connectivity index (χ2n) is 9.27. The average Bonchev–Trinajstić information content (AvgIpc) is 3.15. The van der Waals surface area contributed by atoms with Gasteiger partial charge in [0.25, 0.3) is 0 Å². The van der Waals surface area contributed by atoms with Gasteiger partial charge in [0.2, 0.25) is 0 Å². The molecule has 0 spiro atoms. The number of aliphatic hydroxyl groups is 1. The van der Waals surface area contributed by atoms with Crippen LogP contribution < -0.4 is 9.47 Å². The van der Waals surface area contributed by atoms with Crippen molar-refractivity contribution in [1.82, 2.24) is 0 Å². The van der Waals surface area contributed by atoms with Crippen LogP contribution in [-0.2, 0) is 12.8 Å². The van der Waals surface area contributed by atoms with Crippen molar-refractivity contribution < 1.29 is 34.7 Å². The monoisotopic (exact) mass is 440 g/mol. The van der Waals surface area contributed by atoms with Crippen LogP contribution in [0.3, 0.4) is 0 Å². The fraction of sp³-hybridized carbons (Fsp3) is 0.400. The molecule has 0 amide bonds. The van der Waals surface area contributed by atoms with Crippen molar-refractivity contribution in [2.24, 2.45) is 0 Å². The number of hydrogen-bond donors (Lipinski definition) is 4. The molecule has 32 heavy (non-hydrogen) atoms. The van der Waals surface area contributed by atoms with Gasteiger partial charge in [-0.3, -0.25) is 4.79 Å². The molecular formula is C25H28O7. The highest BCUT2D eigenvalue weighted by atomic mass is 16.5. The third-order valence-electron chi connectivity index (χ3n) is 6.00. The van der Waals surface area contributed by atoms with Gasteiger partial charge in [0, 0.05) is 17.5 Å². The summed E-state index contributed by atoms with van der Waals surface area (Å²) in [6.07, 6.45) is 1.36. The fourth-order valence-corrected chi connectivity index (χ4v) is 4.16. The minimum atomic E-state index is -1.14. The second kappa shape index (κ2) is 7.74. The summed E-state index contributed by atoms with van der Waals surface area (Å²) in [6, 6.07) is 4.28. The summed E-state index contributed by atoms with van der Waals surface area (Å²) < 4.78 is 12.3. The molecule has 4 N–H and O–H groups in total. The number of rotatable bonds is 4. The van der Waals surface area contributed by atoms with Crippen molar-refractivity contribution >= 4 is 5.78 Å². The van der Waals surface area contributed by atoms with E-state index in [0.29, 0.717) is 35.3 Å². The van der Waals surface area contributed by atoms with Crippen LogP contribution in [0.1, 0.15) is 67.3 Å². The summed E-state index contributed by atoms with van der Waals surface area (Å²) in [5.41, 5.74) is 1.71. The Morgan fingerprint density at radius 2 is 1.81 bits per heavy atom. The van der Waals surface area contributed by atoms with Gasteiger partial charge < -0.3 is 29.9 Å². The number of fused-ring (bicyclic) bond motifs is 3. The minimum absolute atomic E-state index is 0.0264. The van der Waals surface area contributed by atoms with Gasteiger partial charge in [0.05, 0.1) is 12.0 Å². The zero-order chi connectivity index (χ0) is 23.4. The molecule has 0 aromatic heterocycles. The molecule has 4 rings (SSSR count). The Morgan fingerprint density at radius 3 is 2.44 bits per heavy atom. The summed E-state index contributed by atoms with van der Waals surface area (Å²) >= 11 is 0. The lowest BCUT2D eigenvalue weighted by atomic mass is 9.88. The van der Waals surface area contributed by atoms with Crippen LogP contribution in [0.2, 0.25) is 0 Å². The number of ketones is 1. The van der Waals surface area contributed by atoms with Gasteiger partial charge in [-0.25, -0.2) is 0 Å². The first-order chi connectivity index (χ1) is 15.0.